The Hall–Kier alpha value is -0.740. The Balaban J connectivity index is 4.73. The van der Waals surface area contributed by atoms with E-state index in [9.17, 15) is 23.4 Å². The first-order chi connectivity index (χ1) is 8.76. The van der Waals surface area contributed by atoms with Crippen molar-refractivity contribution in [3.63, 3.8) is 0 Å². The number of hydrogen-bond donors (Lipinski definition) is 3. The SMILES string of the molecule is CCC(CO)(CO)NS(=O)(=O)N(C)CCC(=O)OC. The second-order valence-corrected chi connectivity index (χ2v) is 5.98. The van der Waals surface area contributed by atoms with Crippen molar-refractivity contribution in [3.8, 4) is 0 Å². The van der Waals surface area contributed by atoms with Crippen LogP contribution >= 0.6 is 0 Å². The van der Waals surface area contributed by atoms with Gasteiger partial charge in [-0.1, -0.05) is 6.92 Å². The third-order valence-electron chi connectivity index (χ3n) is 2.90. The number of hydrogen-bond acceptors (Lipinski definition) is 6. The van der Waals surface area contributed by atoms with Gasteiger partial charge in [-0.05, 0) is 6.42 Å². The zero-order chi connectivity index (χ0) is 15.1. The summed E-state index contributed by atoms with van der Waals surface area (Å²) < 4.78 is 31.5. The number of rotatable bonds is 9. The molecule has 0 aliphatic rings. The highest BCUT2D eigenvalue weighted by Gasteiger charge is 2.33. The third-order valence-corrected chi connectivity index (χ3v) is 4.59. The van der Waals surface area contributed by atoms with Gasteiger partial charge in [-0.3, -0.25) is 4.79 Å². The minimum Gasteiger partial charge on any atom is -0.469 e. The lowest BCUT2D eigenvalue weighted by atomic mass is 10.0. The van der Waals surface area contributed by atoms with Crippen molar-refractivity contribution >= 4 is 16.2 Å². The number of carbonyl (C=O) groups excluding carboxylic acids is 1. The summed E-state index contributed by atoms with van der Waals surface area (Å²) in [6.45, 7) is 0.538. The summed E-state index contributed by atoms with van der Waals surface area (Å²) in [5, 5.41) is 18.4. The lowest BCUT2D eigenvalue weighted by molar-refractivity contribution is -0.140. The molecule has 0 heterocycles. The number of aliphatic hydroxyl groups excluding tert-OH is 2. The van der Waals surface area contributed by atoms with Crippen LogP contribution in [0.2, 0.25) is 0 Å². The molecule has 9 heteroatoms. The second kappa shape index (κ2) is 7.75. The van der Waals surface area contributed by atoms with E-state index in [2.05, 4.69) is 9.46 Å². The lowest BCUT2D eigenvalue weighted by Gasteiger charge is -2.31. The van der Waals surface area contributed by atoms with Crippen molar-refractivity contribution in [2.24, 2.45) is 0 Å². The Morgan fingerprint density at radius 2 is 1.89 bits per heavy atom. The van der Waals surface area contributed by atoms with Crippen LogP contribution in [0.4, 0.5) is 0 Å². The fraction of sp³-hybridized carbons (Fsp3) is 0.900. The second-order valence-electron chi connectivity index (χ2n) is 4.20. The normalized spacial score (nSPS) is 12.7. The van der Waals surface area contributed by atoms with Crippen LogP contribution in [-0.2, 0) is 19.7 Å². The van der Waals surface area contributed by atoms with E-state index in [1.165, 1.54) is 14.2 Å². The summed E-state index contributed by atoms with van der Waals surface area (Å²) in [6, 6.07) is 0. The molecule has 8 nitrogen and oxygen atoms in total. The van der Waals surface area contributed by atoms with Crippen LogP contribution in [-0.4, -0.2) is 68.4 Å². The van der Waals surface area contributed by atoms with Crippen molar-refractivity contribution in [3.05, 3.63) is 0 Å². The number of carbonyl (C=O) groups is 1. The molecule has 0 aliphatic carbocycles. The van der Waals surface area contributed by atoms with E-state index in [1.807, 2.05) is 0 Å². The minimum atomic E-state index is -3.90. The molecule has 0 aliphatic heterocycles. The summed E-state index contributed by atoms with van der Waals surface area (Å²) in [5.74, 6) is -0.520. The van der Waals surface area contributed by atoms with Gasteiger partial charge in [0.15, 0.2) is 0 Å². The summed E-state index contributed by atoms with van der Waals surface area (Å²) in [6.07, 6.45) is 0.148. The van der Waals surface area contributed by atoms with E-state index < -0.39 is 34.9 Å². The number of nitrogens with zero attached hydrogens (tertiary/aromatic N) is 1. The molecule has 0 bridgehead atoms. The average Bonchev–Trinajstić information content (AvgIpc) is 2.41. The molecule has 0 rings (SSSR count). The van der Waals surface area contributed by atoms with E-state index in [1.54, 1.807) is 6.92 Å². The Morgan fingerprint density at radius 3 is 2.26 bits per heavy atom. The van der Waals surface area contributed by atoms with Crippen LogP contribution < -0.4 is 4.72 Å². The molecule has 0 saturated carbocycles. The van der Waals surface area contributed by atoms with Gasteiger partial charge < -0.3 is 14.9 Å². The number of esters is 1. The molecule has 114 valence electrons. The van der Waals surface area contributed by atoms with Crippen molar-refractivity contribution in [1.82, 2.24) is 9.03 Å². The summed E-state index contributed by atoms with van der Waals surface area (Å²) in [4.78, 5) is 11.0. The van der Waals surface area contributed by atoms with Gasteiger partial charge in [0.1, 0.15) is 0 Å². The summed E-state index contributed by atoms with van der Waals surface area (Å²) in [5.41, 5.74) is -1.31. The largest absolute Gasteiger partial charge is 0.469 e. The summed E-state index contributed by atoms with van der Waals surface area (Å²) >= 11 is 0. The molecule has 0 saturated heterocycles. The molecule has 0 aromatic rings. The van der Waals surface area contributed by atoms with Gasteiger partial charge in [0.05, 0.1) is 32.3 Å². The van der Waals surface area contributed by atoms with E-state index in [0.717, 1.165) is 4.31 Å². The Labute approximate surface area is 113 Å². The molecule has 0 fully saturated rings. The maximum Gasteiger partial charge on any atom is 0.306 e. The number of nitrogens with one attached hydrogen (secondary N) is 1. The molecule has 3 N–H and O–H groups in total. The predicted molar refractivity (Wildman–Crippen MR) is 68.5 cm³/mol. The van der Waals surface area contributed by atoms with Gasteiger partial charge in [-0.25, -0.2) is 0 Å². The Kier molecular flexibility index (Phi) is 7.45. The van der Waals surface area contributed by atoms with Crippen molar-refractivity contribution in [2.75, 3.05) is 33.9 Å². The molecule has 0 amide bonds. The van der Waals surface area contributed by atoms with Gasteiger partial charge in [0, 0.05) is 13.6 Å². The van der Waals surface area contributed by atoms with Gasteiger partial charge in [0.25, 0.3) is 10.2 Å². The fourth-order valence-electron chi connectivity index (χ4n) is 1.23. The van der Waals surface area contributed by atoms with Crippen LogP contribution in [0, 0.1) is 0 Å². The van der Waals surface area contributed by atoms with Crippen molar-refractivity contribution < 1.29 is 28.2 Å². The van der Waals surface area contributed by atoms with Crippen LogP contribution in [0.1, 0.15) is 19.8 Å². The standard InChI is InChI=1S/C10H22N2O6S/c1-4-10(7-13,8-14)11-19(16,17)12(2)6-5-9(15)18-3/h11,13-14H,4-8H2,1-3H3. The molecule has 0 aromatic heterocycles. The Morgan fingerprint density at radius 1 is 1.37 bits per heavy atom. The zero-order valence-electron chi connectivity index (χ0n) is 11.4. The minimum absolute atomic E-state index is 0.0569. The molecule has 0 aromatic carbocycles. The van der Waals surface area contributed by atoms with Gasteiger partial charge in [-0.2, -0.15) is 17.4 Å². The monoisotopic (exact) mass is 298 g/mol. The van der Waals surface area contributed by atoms with Crippen molar-refractivity contribution in [1.29, 1.82) is 0 Å². The molecule has 0 atom stereocenters. The smallest absolute Gasteiger partial charge is 0.306 e. The van der Waals surface area contributed by atoms with E-state index >= 15 is 0 Å². The summed E-state index contributed by atoms with van der Waals surface area (Å²) in [7, 11) is -1.39. The first kappa shape index (κ1) is 18.3. The number of aliphatic hydroxyl groups is 2. The van der Waals surface area contributed by atoms with Gasteiger partial charge >= 0.3 is 5.97 Å². The topological polar surface area (TPSA) is 116 Å². The number of methoxy groups -OCH3 is 1. The highest BCUT2D eigenvalue weighted by atomic mass is 32.2. The van der Waals surface area contributed by atoms with Crippen molar-refractivity contribution in [2.45, 2.75) is 25.3 Å². The van der Waals surface area contributed by atoms with Gasteiger partial charge in [-0.15, -0.1) is 0 Å². The molecule has 0 radical (unpaired) electrons. The fourth-order valence-corrected chi connectivity index (χ4v) is 2.54. The maximum atomic E-state index is 12.0. The quantitative estimate of drug-likeness (QED) is 0.444. The maximum absolute atomic E-state index is 12.0. The van der Waals surface area contributed by atoms with E-state index in [4.69, 9.17) is 0 Å². The Bertz CT molecular complexity index is 371. The zero-order valence-corrected chi connectivity index (χ0v) is 12.2. The highest BCUT2D eigenvalue weighted by molar-refractivity contribution is 7.87. The van der Waals surface area contributed by atoms with E-state index in [-0.39, 0.29) is 19.4 Å². The first-order valence-corrected chi connectivity index (χ1v) is 7.24. The lowest BCUT2D eigenvalue weighted by Crippen LogP contribution is -2.57. The number of ether oxygens (including phenoxy) is 1. The van der Waals surface area contributed by atoms with Crippen LogP contribution in [0.5, 0.6) is 0 Å². The average molecular weight is 298 g/mol. The molecule has 0 unspecified atom stereocenters. The van der Waals surface area contributed by atoms with Crippen LogP contribution in [0.3, 0.4) is 0 Å². The molecule has 0 spiro atoms. The molecule has 19 heavy (non-hydrogen) atoms. The van der Waals surface area contributed by atoms with Crippen LogP contribution in [0.15, 0.2) is 0 Å². The van der Waals surface area contributed by atoms with E-state index in [0.29, 0.717) is 0 Å². The highest BCUT2D eigenvalue weighted by Crippen LogP contribution is 2.11. The first-order valence-electron chi connectivity index (χ1n) is 5.80. The predicted octanol–water partition coefficient (Wildman–Crippen LogP) is -1.55. The molecular formula is C10H22N2O6S. The third kappa shape index (κ3) is 5.41. The van der Waals surface area contributed by atoms with Gasteiger partial charge in [0.2, 0.25) is 0 Å². The molecular weight excluding hydrogens is 276 g/mol. The van der Waals surface area contributed by atoms with Crippen LogP contribution in [0.25, 0.3) is 0 Å².